The zero-order valence-corrected chi connectivity index (χ0v) is 19.7. The number of hydrogen-bond donors (Lipinski definition) is 0. The van der Waals surface area contributed by atoms with Gasteiger partial charge in [0.25, 0.3) is 0 Å². The Bertz CT molecular complexity index is 1090. The quantitative estimate of drug-likeness (QED) is 0.455. The first-order chi connectivity index (χ1) is 15.6. The lowest BCUT2D eigenvalue weighted by Gasteiger charge is -2.43. The molecule has 1 aromatic heterocycles. The lowest BCUT2D eigenvalue weighted by molar-refractivity contribution is 0.215. The van der Waals surface area contributed by atoms with E-state index in [1.165, 1.54) is 5.56 Å². The van der Waals surface area contributed by atoms with Crippen molar-refractivity contribution in [3.63, 3.8) is 0 Å². The monoisotopic (exact) mass is 467 g/mol. The molecule has 166 valence electrons. The predicted molar refractivity (Wildman–Crippen MR) is 130 cm³/mol. The minimum Gasteiger partial charge on any atom is -0.361 e. The molecular weight excluding hydrogens is 441 g/mol. The van der Waals surface area contributed by atoms with Crippen molar-refractivity contribution in [1.82, 2.24) is 14.5 Å². The fourth-order valence-corrected chi connectivity index (χ4v) is 4.77. The van der Waals surface area contributed by atoms with Gasteiger partial charge in [-0.2, -0.15) is 5.26 Å². The van der Waals surface area contributed by atoms with Gasteiger partial charge in [-0.05, 0) is 42.3 Å². The predicted octanol–water partition coefficient (Wildman–Crippen LogP) is 5.58. The molecule has 1 saturated heterocycles. The zero-order valence-electron chi connectivity index (χ0n) is 18.2. The maximum Gasteiger partial charge on any atom is 0.108 e. The zero-order chi connectivity index (χ0) is 22.5. The number of halogens is 2. The summed E-state index contributed by atoms with van der Waals surface area (Å²) < 4.78 is 2.27. The van der Waals surface area contributed by atoms with E-state index < -0.39 is 0 Å². The van der Waals surface area contributed by atoms with Crippen LogP contribution in [0.1, 0.15) is 36.3 Å². The van der Waals surface area contributed by atoms with E-state index in [-0.39, 0.29) is 6.04 Å². The molecular formula is C25H27Cl2N5. The highest BCUT2D eigenvalue weighted by Gasteiger charge is 2.29. The number of imidazole rings is 1. The van der Waals surface area contributed by atoms with Crippen LogP contribution in [0.3, 0.4) is 0 Å². The third kappa shape index (κ3) is 5.10. The number of hydrogen-bond acceptors (Lipinski definition) is 4. The molecule has 7 heteroatoms. The van der Waals surface area contributed by atoms with Gasteiger partial charge in [-0.3, -0.25) is 4.90 Å². The molecule has 1 aliphatic rings. The molecule has 0 unspecified atom stereocenters. The molecule has 4 rings (SSSR count). The summed E-state index contributed by atoms with van der Waals surface area (Å²) in [5.41, 5.74) is 2.74. The highest BCUT2D eigenvalue weighted by Crippen LogP contribution is 2.36. The highest BCUT2D eigenvalue weighted by atomic mass is 35.5. The fraction of sp³-hybridized carbons (Fsp3) is 0.360. The third-order valence-corrected chi connectivity index (χ3v) is 6.59. The second kappa shape index (κ2) is 10.4. The molecule has 0 spiro atoms. The number of nitrogens with zero attached hydrogens (tertiary/aromatic N) is 5. The Hall–Kier alpha value is -2.52. The largest absolute Gasteiger partial charge is 0.361 e. The van der Waals surface area contributed by atoms with E-state index in [0.717, 1.165) is 62.1 Å². The van der Waals surface area contributed by atoms with E-state index >= 15 is 0 Å². The van der Waals surface area contributed by atoms with E-state index in [1.54, 1.807) is 6.07 Å². The van der Waals surface area contributed by atoms with Crippen molar-refractivity contribution >= 4 is 28.9 Å². The summed E-state index contributed by atoms with van der Waals surface area (Å²) >= 11 is 12.7. The number of anilines is 1. The van der Waals surface area contributed by atoms with Gasteiger partial charge in [-0.15, -0.1) is 0 Å². The SMILES string of the molecule is CCCc1nccn1CCN1CCN(c2ccc(C#N)cc2Cl)[C@H](c2ccc(Cl)cc2)C1. The Morgan fingerprint density at radius 1 is 1.09 bits per heavy atom. The van der Waals surface area contributed by atoms with Crippen LogP contribution in [-0.2, 0) is 13.0 Å². The standard InChI is InChI=1S/C25H27Cl2N5/c1-2-3-25-29-10-11-31(25)14-12-30-13-15-32(23-9-4-19(17-28)16-22(23)27)24(18-30)20-5-7-21(26)8-6-20/h4-11,16,24H,2-3,12-15,18H2,1H3/t24-/m0/s1. The van der Waals surface area contributed by atoms with Crippen molar-refractivity contribution in [2.45, 2.75) is 32.4 Å². The van der Waals surface area contributed by atoms with Crippen LogP contribution in [0.5, 0.6) is 0 Å². The fourth-order valence-electron chi connectivity index (χ4n) is 4.36. The third-order valence-electron chi connectivity index (χ3n) is 6.04. The molecule has 1 atom stereocenters. The number of nitriles is 1. The number of benzene rings is 2. The first-order valence-corrected chi connectivity index (χ1v) is 11.8. The Labute approximate surface area is 199 Å². The van der Waals surface area contributed by atoms with Gasteiger partial charge in [0.1, 0.15) is 5.82 Å². The molecule has 0 saturated carbocycles. The van der Waals surface area contributed by atoms with Gasteiger partial charge in [0.05, 0.1) is 28.4 Å². The van der Waals surface area contributed by atoms with Gasteiger partial charge >= 0.3 is 0 Å². The average Bonchev–Trinajstić information content (AvgIpc) is 3.25. The summed E-state index contributed by atoms with van der Waals surface area (Å²) in [5, 5.41) is 10.5. The molecule has 32 heavy (non-hydrogen) atoms. The van der Waals surface area contributed by atoms with Gasteiger partial charge in [-0.25, -0.2) is 4.98 Å². The maximum atomic E-state index is 9.20. The lowest BCUT2D eigenvalue weighted by atomic mass is 10.0. The summed E-state index contributed by atoms with van der Waals surface area (Å²) in [5.74, 6) is 1.16. The summed E-state index contributed by atoms with van der Waals surface area (Å²) in [4.78, 5) is 9.36. The van der Waals surface area contributed by atoms with Gasteiger partial charge < -0.3 is 9.47 Å². The van der Waals surface area contributed by atoms with Crippen LogP contribution < -0.4 is 4.90 Å². The molecule has 0 aliphatic carbocycles. The van der Waals surface area contributed by atoms with Crippen molar-refractivity contribution in [3.8, 4) is 6.07 Å². The van der Waals surface area contributed by atoms with Crippen LogP contribution in [0, 0.1) is 11.3 Å². The van der Waals surface area contributed by atoms with Gasteiger partial charge in [0, 0.05) is 56.6 Å². The minimum atomic E-state index is 0.143. The first kappa shape index (κ1) is 22.7. The topological polar surface area (TPSA) is 48.1 Å². The second-order valence-corrected chi connectivity index (χ2v) is 8.97. The molecule has 0 amide bonds. The van der Waals surface area contributed by atoms with E-state index in [1.807, 2.05) is 30.5 Å². The average molecular weight is 468 g/mol. The molecule has 5 nitrogen and oxygen atoms in total. The molecule has 0 radical (unpaired) electrons. The van der Waals surface area contributed by atoms with Gasteiger partial charge in [-0.1, -0.05) is 42.3 Å². The molecule has 0 bridgehead atoms. The molecule has 0 N–H and O–H groups in total. The molecule has 3 aromatic rings. The van der Waals surface area contributed by atoms with Crippen LogP contribution in [0.25, 0.3) is 0 Å². The Morgan fingerprint density at radius 2 is 1.91 bits per heavy atom. The Balaban J connectivity index is 1.55. The van der Waals surface area contributed by atoms with Crippen LogP contribution in [0.4, 0.5) is 5.69 Å². The van der Waals surface area contributed by atoms with Crippen molar-refractivity contribution in [3.05, 3.63) is 81.9 Å². The van der Waals surface area contributed by atoms with Crippen molar-refractivity contribution in [2.75, 3.05) is 31.1 Å². The number of aromatic nitrogens is 2. The number of rotatable bonds is 7. The van der Waals surface area contributed by atoms with E-state index in [0.29, 0.717) is 10.6 Å². The van der Waals surface area contributed by atoms with E-state index in [2.05, 4.69) is 50.7 Å². The van der Waals surface area contributed by atoms with E-state index in [4.69, 9.17) is 23.2 Å². The summed E-state index contributed by atoms with van der Waals surface area (Å²) in [6.45, 7) is 6.76. The Kier molecular flexibility index (Phi) is 7.36. The number of piperazine rings is 1. The van der Waals surface area contributed by atoms with Crippen LogP contribution in [0.2, 0.25) is 10.0 Å². The smallest absolute Gasteiger partial charge is 0.108 e. The summed E-state index contributed by atoms with van der Waals surface area (Å²) in [6.07, 6.45) is 6.08. The van der Waals surface area contributed by atoms with E-state index in [9.17, 15) is 5.26 Å². The van der Waals surface area contributed by atoms with Gasteiger partial charge in [0.2, 0.25) is 0 Å². The van der Waals surface area contributed by atoms with Crippen LogP contribution in [0.15, 0.2) is 54.9 Å². The van der Waals surface area contributed by atoms with Crippen molar-refractivity contribution in [1.29, 1.82) is 5.26 Å². The van der Waals surface area contributed by atoms with Crippen molar-refractivity contribution in [2.24, 2.45) is 0 Å². The van der Waals surface area contributed by atoms with Crippen LogP contribution >= 0.6 is 23.2 Å². The van der Waals surface area contributed by atoms with Crippen molar-refractivity contribution < 1.29 is 0 Å². The molecule has 2 heterocycles. The minimum absolute atomic E-state index is 0.143. The summed E-state index contributed by atoms with van der Waals surface area (Å²) in [6, 6.07) is 15.9. The summed E-state index contributed by atoms with van der Waals surface area (Å²) in [7, 11) is 0. The highest BCUT2D eigenvalue weighted by molar-refractivity contribution is 6.33. The maximum absolute atomic E-state index is 9.20. The first-order valence-electron chi connectivity index (χ1n) is 11.0. The second-order valence-electron chi connectivity index (χ2n) is 8.13. The Morgan fingerprint density at radius 3 is 2.62 bits per heavy atom. The van der Waals surface area contributed by atoms with Crippen LogP contribution in [-0.4, -0.2) is 40.6 Å². The molecule has 1 aliphatic heterocycles. The number of aryl methyl sites for hydroxylation is 1. The van der Waals surface area contributed by atoms with Gasteiger partial charge in [0.15, 0.2) is 0 Å². The normalized spacial score (nSPS) is 16.8. The molecule has 1 fully saturated rings. The molecule has 2 aromatic carbocycles. The lowest BCUT2D eigenvalue weighted by Crippen LogP contribution is -2.49.